The van der Waals surface area contributed by atoms with Crippen LogP contribution in [0.1, 0.15) is 39.9 Å². The van der Waals surface area contributed by atoms with Crippen LogP contribution >= 0.6 is 0 Å². The molecule has 1 saturated heterocycles. The molecule has 1 aliphatic rings. The summed E-state index contributed by atoms with van der Waals surface area (Å²) >= 11 is 0. The molecular weight excluding hydrogens is 411 g/mol. The van der Waals surface area contributed by atoms with Crippen molar-refractivity contribution in [2.24, 2.45) is 5.92 Å². The van der Waals surface area contributed by atoms with Gasteiger partial charge in [0.2, 0.25) is 0 Å². The van der Waals surface area contributed by atoms with Crippen molar-refractivity contribution < 1.29 is 29.9 Å². The van der Waals surface area contributed by atoms with Crippen molar-refractivity contribution in [3.05, 3.63) is 64.7 Å². The van der Waals surface area contributed by atoms with Crippen LogP contribution in [0.15, 0.2) is 42.5 Å². The lowest BCUT2D eigenvalue weighted by atomic mass is 9.75. The largest absolute Gasteiger partial charge is 0.507 e. The van der Waals surface area contributed by atoms with Crippen molar-refractivity contribution in [1.29, 1.82) is 0 Å². The Morgan fingerprint density at radius 1 is 1.19 bits per heavy atom. The molecule has 5 N–H and O–H groups in total. The van der Waals surface area contributed by atoms with Crippen LogP contribution in [0.3, 0.4) is 0 Å². The Bertz CT molecular complexity index is 950. The van der Waals surface area contributed by atoms with E-state index in [-0.39, 0.29) is 18.1 Å². The number of aryl methyl sites for hydroxylation is 1. The molecule has 3 rings (SSSR count). The summed E-state index contributed by atoms with van der Waals surface area (Å²) in [6.07, 6.45) is 1.61. The number of aromatic hydroxyl groups is 1. The fourth-order valence-corrected chi connectivity index (χ4v) is 4.02. The normalized spacial score (nSPS) is 17.5. The number of hydrogen-bond acceptors (Lipinski definition) is 6. The lowest BCUT2D eigenvalue weighted by Gasteiger charge is -2.30. The molecule has 0 radical (unpaired) electrons. The first-order valence-electron chi connectivity index (χ1n) is 10.7. The SMILES string of the molecule is Cc1cccc(C[C@H](NC(=O)c2ccc(CN3CCCC(C(=O)O)C3)cc2)B(O)O)c1O. The molecule has 8 nitrogen and oxygen atoms in total. The second-order valence-corrected chi connectivity index (χ2v) is 8.39. The highest BCUT2D eigenvalue weighted by Crippen LogP contribution is 2.23. The van der Waals surface area contributed by atoms with E-state index in [1.54, 1.807) is 37.3 Å². The minimum Gasteiger partial charge on any atom is -0.507 e. The predicted molar refractivity (Wildman–Crippen MR) is 120 cm³/mol. The van der Waals surface area contributed by atoms with Gasteiger partial charge in [0, 0.05) is 18.7 Å². The molecule has 1 aliphatic heterocycles. The Balaban J connectivity index is 1.61. The van der Waals surface area contributed by atoms with Crippen LogP contribution in [0.5, 0.6) is 5.75 Å². The Hall–Kier alpha value is -2.88. The number of amides is 1. The van der Waals surface area contributed by atoms with Crippen LogP contribution < -0.4 is 5.32 Å². The molecule has 170 valence electrons. The number of carbonyl (C=O) groups is 2. The number of rotatable bonds is 8. The van der Waals surface area contributed by atoms with Gasteiger partial charge < -0.3 is 25.6 Å². The Morgan fingerprint density at radius 3 is 2.56 bits per heavy atom. The Labute approximate surface area is 187 Å². The minimum absolute atomic E-state index is 0.0642. The van der Waals surface area contributed by atoms with Gasteiger partial charge in [0.05, 0.1) is 11.9 Å². The molecule has 2 atom stereocenters. The zero-order valence-electron chi connectivity index (χ0n) is 18.1. The van der Waals surface area contributed by atoms with Crippen molar-refractivity contribution in [2.75, 3.05) is 13.1 Å². The van der Waals surface area contributed by atoms with Gasteiger partial charge in [0.1, 0.15) is 5.75 Å². The number of phenols is 1. The highest BCUT2D eigenvalue weighted by Gasteiger charge is 2.28. The molecule has 1 heterocycles. The molecule has 9 heteroatoms. The van der Waals surface area contributed by atoms with Crippen molar-refractivity contribution in [3.63, 3.8) is 0 Å². The summed E-state index contributed by atoms with van der Waals surface area (Å²) in [5.41, 5.74) is 2.52. The van der Waals surface area contributed by atoms with Crippen molar-refractivity contribution in [3.8, 4) is 5.75 Å². The molecule has 2 aromatic rings. The van der Waals surface area contributed by atoms with Crippen LogP contribution in [0.25, 0.3) is 0 Å². The maximum Gasteiger partial charge on any atom is 0.475 e. The third-order valence-electron chi connectivity index (χ3n) is 5.91. The van der Waals surface area contributed by atoms with Crippen molar-refractivity contribution in [2.45, 2.75) is 38.7 Å². The number of piperidine rings is 1. The first-order valence-corrected chi connectivity index (χ1v) is 10.7. The molecule has 0 aromatic heterocycles. The number of carboxylic acid groups (broad SMARTS) is 1. The zero-order valence-corrected chi connectivity index (χ0v) is 18.1. The van der Waals surface area contributed by atoms with Gasteiger partial charge in [-0.15, -0.1) is 0 Å². The predicted octanol–water partition coefficient (Wildman–Crippen LogP) is 1.35. The van der Waals surface area contributed by atoms with E-state index in [1.807, 2.05) is 12.1 Å². The molecular formula is C23H29BN2O6. The molecule has 0 bridgehead atoms. The number of aliphatic carboxylic acids is 1. The highest BCUT2D eigenvalue weighted by molar-refractivity contribution is 6.43. The maximum atomic E-state index is 12.6. The summed E-state index contributed by atoms with van der Waals surface area (Å²) in [7, 11) is -1.79. The number of phenolic OH excluding ortho intramolecular Hbond substituents is 1. The summed E-state index contributed by atoms with van der Waals surface area (Å²) in [5, 5.41) is 41.5. The zero-order chi connectivity index (χ0) is 23.3. The van der Waals surface area contributed by atoms with Gasteiger partial charge in [0.15, 0.2) is 0 Å². The molecule has 0 aliphatic carbocycles. The number of benzene rings is 2. The second kappa shape index (κ2) is 10.6. The standard InChI is InChI=1S/C23H29BN2O6/c1-15-4-2-5-18(21(15)27)12-20(24(31)32)25-22(28)17-9-7-16(8-10-17)13-26-11-3-6-19(14-26)23(29)30/h2,4-5,7-10,19-20,27,31-32H,3,6,11-14H2,1H3,(H,25,28)(H,29,30)/t19?,20-/m0/s1. The number of carbonyl (C=O) groups excluding carboxylic acids is 1. The van der Waals surface area contributed by atoms with Gasteiger partial charge in [-0.2, -0.15) is 0 Å². The smallest absolute Gasteiger partial charge is 0.475 e. The van der Waals surface area contributed by atoms with Gasteiger partial charge in [-0.25, -0.2) is 0 Å². The van der Waals surface area contributed by atoms with E-state index in [1.165, 1.54) is 0 Å². The average molecular weight is 440 g/mol. The van der Waals surface area contributed by atoms with E-state index < -0.39 is 24.9 Å². The molecule has 1 amide bonds. The minimum atomic E-state index is -1.79. The number of nitrogens with one attached hydrogen (secondary N) is 1. The molecule has 2 aromatic carbocycles. The van der Waals surface area contributed by atoms with Gasteiger partial charge in [-0.1, -0.05) is 30.3 Å². The fraction of sp³-hybridized carbons (Fsp3) is 0.391. The third kappa shape index (κ3) is 6.09. The molecule has 1 unspecified atom stereocenters. The quantitative estimate of drug-likeness (QED) is 0.392. The van der Waals surface area contributed by atoms with E-state index >= 15 is 0 Å². The summed E-state index contributed by atoms with van der Waals surface area (Å²) in [4.78, 5) is 26.0. The summed E-state index contributed by atoms with van der Waals surface area (Å²) in [6, 6.07) is 12.1. The van der Waals surface area contributed by atoms with Crippen LogP contribution in [0.2, 0.25) is 0 Å². The molecule has 0 saturated carbocycles. The second-order valence-electron chi connectivity index (χ2n) is 8.39. The molecule has 0 spiro atoms. The van der Waals surface area contributed by atoms with E-state index in [4.69, 9.17) is 0 Å². The highest BCUT2D eigenvalue weighted by atomic mass is 16.4. The molecule has 1 fully saturated rings. The fourth-order valence-electron chi connectivity index (χ4n) is 4.02. The monoisotopic (exact) mass is 440 g/mol. The summed E-state index contributed by atoms with van der Waals surface area (Å²) in [5.74, 6) is -2.48. The first kappa shape index (κ1) is 23.8. The van der Waals surface area contributed by atoms with Gasteiger partial charge in [-0.3, -0.25) is 14.5 Å². The first-order chi connectivity index (χ1) is 15.2. The van der Waals surface area contributed by atoms with Crippen LogP contribution in [0, 0.1) is 12.8 Å². The maximum absolute atomic E-state index is 12.6. The third-order valence-corrected chi connectivity index (χ3v) is 5.91. The number of likely N-dealkylation sites (tertiary alicyclic amines) is 1. The van der Waals surface area contributed by atoms with Crippen molar-refractivity contribution in [1.82, 2.24) is 10.2 Å². The average Bonchev–Trinajstić information content (AvgIpc) is 2.76. The lowest BCUT2D eigenvalue weighted by Crippen LogP contribution is -2.47. The van der Waals surface area contributed by atoms with Crippen molar-refractivity contribution >= 4 is 19.0 Å². The van der Waals surface area contributed by atoms with Gasteiger partial charge in [-0.05, 0) is 61.6 Å². The van der Waals surface area contributed by atoms with Gasteiger partial charge in [0.25, 0.3) is 5.91 Å². The van der Waals surface area contributed by atoms with E-state index in [0.717, 1.165) is 18.5 Å². The number of nitrogens with zero attached hydrogens (tertiary/aromatic N) is 1. The van der Waals surface area contributed by atoms with Gasteiger partial charge >= 0.3 is 13.1 Å². The summed E-state index contributed by atoms with van der Waals surface area (Å²) in [6.45, 7) is 3.71. The topological polar surface area (TPSA) is 130 Å². The van der Waals surface area contributed by atoms with Crippen LogP contribution in [-0.4, -0.2) is 63.2 Å². The number of carboxylic acids is 1. The van der Waals surface area contributed by atoms with E-state index in [2.05, 4.69) is 10.2 Å². The van der Waals surface area contributed by atoms with E-state index in [9.17, 15) is 29.9 Å². The molecule has 32 heavy (non-hydrogen) atoms. The number of hydrogen-bond donors (Lipinski definition) is 5. The number of para-hydroxylation sites is 1. The van der Waals surface area contributed by atoms with Crippen LogP contribution in [-0.2, 0) is 17.8 Å². The lowest BCUT2D eigenvalue weighted by molar-refractivity contribution is -0.143. The Morgan fingerprint density at radius 2 is 1.91 bits per heavy atom. The van der Waals surface area contributed by atoms with E-state index in [0.29, 0.717) is 36.2 Å². The summed E-state index contributed by atoms with van der Waals surface area (Å²) < 4.78 is 0. The Kier molecular flexibility index (Phi) is 7.90. The van der Waals surface area contributed by atoms with Crippen LogP contribution in [0.4, 0.5) is 0 Å².